The zero-order chi connectivity index (χ0) is 12.4. The van der Waals surface area contributed by atoms with Gasteiger partial charge in [-0.2, -0.15) is 0 Å². The highest BCUT2D eigenvalue weighted by atomic mass is 35.5. The van der Waals surface area contributed by atoms with E-state index in [2.05, 4.69) is 19.9 Å². The van der Waals surface area contributed by atoms with Crippen LogP contribution in [-0.2, 0) is 5.88 Å². The summed E-state index contributed by atoms with van der Waals surface area (Å²) in [6.45, 7) is 4.28. The lowest BCUT2D eigenvalue weighted by Gasteiger charge is -2.22. The number of halogens is 1. The van der Waals surface area contributed by atoms with E-state index >= 15 is 0 Å². The fourth-order valence-electron chi connectivity index (χ4n) is 2.72. The van der Waals surface area contributed by atoms with Gasteiger partial charge in [-0.25, -0.2) is 0 Å². The lowest BCUT2D eigenvalue weighted by Crippen LogP contribution is -2.29. The highest BCUT2D eigenvalue weighted by Crippen LogP contribution is 2.31. The smallest absolute Gasteiger partial charge is 0.255 e. The molecule has 0 bridgehead atoms. The third-order valence-electron chi connectivity index (χ3n) is 3.65. The number of alkyl halides is 1. The minimum Gasteiger partial charge on any atom is -0.309 e. The van der Waals surface area contributed by atoms with Crippen molar-refractivity contribution in [3.05, 3.63) is 33.7 Å². The summed E-state index contributed by atoms with van der Waals surface area (Å²) in [7, 11) is 0. The predicted molar refractivity (Wildman–Crippen MR) is 71.9 cm³/mol. The summed E-state index contributed by atoms with van der Waals surface area (Å²) in [6, 6.07) is 4.35. The van der Waals surface area contributed by atoms with E-state index in [0.717, 1.165) is 24.1 Å². The van der Waals surface area contributed by atoms with E-state index in [0.29, 0.717) is 17.8 Å². The maximum atomic E-state index is 12.4. The van der Waals surface area contributed by atoms with Gasteiger partial charge in [-0.15, -0.1) is 11.6 Å². The molecule has 0 unspecified atom stereocenters. The van der Waals surface area contributed by atoms with Crippen molar-refractivity contribution >= 4 is 11.6 Å². The number of aromatic nitrogens is 1. The minimum atomic E-state index is 0.123. The molecular formula is C14H20ClNO. The standard InChI is InChI=1S/C14H20ClNO/c1-10(2)13-8-7-11(9-15)14(17)16(13)12-5-3-4-6-12/h7-8,10,12H,3-6,9H2,1-2H3. The van der Waals surface area contributed by atoms with Gasteiger partial charge in [-0.1, -0.05) is 32.8 Å². The Balaban J connectivity index is 2.54. The molecule has 1 aliphatic carbocycles. The van der Waals surface area contributed by atoms with E-state index in [9.17, 15) is 4.79 Å². The molecule has 0 atom stereocenters. The molecule has 1 saturated carbocycles. The second kappa shape index (κ2) is 5.26. The monoisotopic (exact) mass is 253 g/mol. The number of nitrogens with zero attached hydrogens (tertiary/aromatic N) is 1. The first-order chi connectivity index (χ1) is 8.15. The van der Waals surface area contributed by atoms with Gasteiger partial charge in [-0.05, 0) is 24.8 Å². The lowest BCUT2D eigenvalue weighted by molar-refractivity contribution is 0.471. The van der Waals surface area contributed by atoms with Crippen molar-refractivity contribution in [1.29, 1.82) is 0 Å². The van der Waals surface area contributed by atoms with Crippen molar-refractivity contribution in [2.45, 2.75) is 57.4 Å². The predicted octanol–water partition coefficient (Wildman–Crippen LogP) is 3.83. The zero-order valence-corrected chi connectivity index (χ0v) is 11.3. The number of hydrogen-bond donors (Lipinski definition) is 0. The number of hydrogen-bond acceptors (Lipinski definition) is 1. The van der Waals surface area contributed by atoms with Crippen LogP contribution in [0.2, 0.25) is 0 Å². The van der Waals surface area contributed by atoms with Crippen molar-refractivity contribution in [3.63, 3.8) is 0 Å². The van der Waals surface area contributed by atoms with E-state index in [1.54, 1.807) is 0 Å². The van der Waals surface area contributed by atoms with E-state index in [1.807, 2.05) is 10.6 Å². The summed E-state index contributed by atoms with van der Waals surface area (Å²) in [5.74, 6) is 0.692. The van der Waals surface area contributed by atoms with Gasteiger partial charge >= 0.3 is 0 Å². The largest absolute Gasteiger partial charge is 0.309 e. The van der Waals surface area contributed by atoms with Crippen LogP contribution in [0.4, 0.5) is 0 Å². The second-order valence-corrected chi connectivity index (χ2v) is 5.45. The maximum Gasteiger partial charge on any atom is 0.255 e. The van der Waals surface area contributed by atoms with E-state index < -0.39 is 0 Å². The lowest BCUT2D eigenvalue weighted by atomic mass is 10.1. The molecule has 3 heteroatoms. The van der Waals surface area contributed by atoms with Gasteiger partial charge in [0.25, 0.3) is 5.56 Å². The third kappa shape index (κ3) is 2.42. The summed E-state index contributed by atoms with van der Waals surface area (Å²) in [4.78, 5) is 12.4. The first-order valence-corrected chi connectivity index (χ1v) is 6.99. The van der Waals surface area contributed by atoms with Crippen molar-refractivity contribution in [1.82, 2.24) is 4.57 Å². The average Bonchev–Trinajstić information content (AvgIpc) is 2.81. The Morgan fingerprint density at radius 2 is 2.00 bits per heavy atom. The van der Waals surface area contributed by atoms with Gasteiger partial charge in [0.1, 0.15) is 0 Å². The average molecular weight is 254 g/mol. The molecular weight excluding hydrogens is 234 g/mol. The summed E-state index contributed by atoms with van der Waals surface area (Å²) in [5.41, 5.74) is 2.00. The molecule has 17 heavy (non-hydrogen) atoms. The molecule has 0 aromatic carbocycles. The van der Waals surface area contributed by atoms with Crippen molar-refractivity contribution in [3.8, 4) is 0 Å². The molecule has 0 saturated heterocycles. The zero-order valence-electron chi connectivity index (χ0n) is 10.6. The van der Waals surface area contributed by atoms with Crippen molar-refractivity contribution in [2.24, 2.45) is 0 Å². The molecule has 0 radical (unpaired) electrons. The Labute approximate surface area is 108 Å². The molecule has 0 N–H and O–H groups in total. The topological polar surface area (TPSA) is 22.0 Å². The van der Waals surface area contributed by atoms with Gasteiger partial charge in [0.15, 0.2) is 0 Å². The third-order valence-corrected chi connectivity index (χ3v) is 3.94. The van der Waals surface area contributed by atoms with Crippen LogP contribution in [0.25, 0.3) is 0 Å². The van der Waals surface area contributed by atoms with Crippen LogP contribution in [0.5, 0.6) is 0 Å². The normalized spacial score (nSPS) is 16.9. The van der Waals surface area contributed by atoms with Crippen LogP contribution in [-0.4, -0.2) is 4.57 Å². The van der Waals surface area contributed by atoms with Crippen LogP contribution in [0.3, 0.4) is 0 Å². The van der Waals surface area contributed by atoms with Gasteiger partial charge in [0, 0.05) is 17.3 Å². The van der Waals surface area contributed by atoms with Gasteiger partial charge in [0.05, 0.1) is 5.88 Å². The summed E-state index contributed by atoms with van der Waals surface area (Å²) >= 11 is 5.83. The molecule has 2 rings (SSSR count). The minimum absolute atomic E-state index is 0.123. The summed E-state index contributed by atoms with van der Waals surface area (Å²) in [6.07, 6.45) is 4.73. The highest BCUT2D eigenvalue weighted by Gasteiger charge is 2.22. The quantitative estimate of drug-likeness (QED) is 0.751. The van der Waals surface area contributed by atoms with Crippen LogP contribution in [0.15, 0.2) is 16.9 Å². The van der Waals surface area contributed by atoms with Crippen LogP contribution >= 0.6 is 11.6 Å². The van der Waals surface area contributed by atoms with Gasteiger partial charge in [-0.3, -0.25) is 4.79 Å². The SMILES string of the molecule is CC(C)c1ccc(CCl)c(=O)n1C1CCCC1. The Hall–Kier alpha value is -0.760. The van der Waals surface area contributed by atoms with Gasteiger partial charge in [0.2, 0.25) is 0 Å². The first kappa shape index (κ1) is 12.7. The molecule has 0 aliphatic heterocycles. The maximum absolute atomic E-state index is 12.4. The summed E-state index contributed by atoms with van der Waals surface area (Å²) < 4.78 is 2.01. The fourth-order valence-corrected chi connectivity index (χ4v) is 2.92. The molecule has 1 heterocycles. The van der Waals surface area contributed by atoms with E-state index in [1.165, 1.54) is 12.8 Å². The van der Waals surface area contributed by atoms with E-state index in [4.69, 9.17) is 11.6 Å². The number of rotatable bonds is 3. The van der Waals surface area contributed by atoms with Gasteiger partial charge < -0.3 is 4.57 Å². The molecule has 1 aliphatic rings. The Kier molecular flexibility index (Phi) is 3.93. The molecule has 94 valence electrons. The molecule has 0 amide bonds. The Bertz CT molecular complexity index is 444. The second-order valence-electron chi connectivity index (χ2n) is 5.19. The summed E-state index contributed by atoms with van der Waals surface area (Å²) in [5, 5.41) is 0. The Morgan fingerprint density at radius 3 is 2.53 bits per heavy atom. The highest BCUT2D eigenvalue weighted by molar-refractivity contribution is 6.17. The molecule has 2 nitrogen and oxygen atoms in total. The Morgan fingerprint density at radius 1 is 1.35 bits per heavy atom. The molecule has 1 aromatic heterocycles. The van der Waals surface area contributed by atoms with Crippen LogP contribution in [0.1, 0.15) is 62.7 Å². The fraction of sp³-hybridized carbons (Fsp3) is 0.643. The van der Waals surface area contributed by atoms with Crippen LogP contribution < -0.4 is 5.56 Å². The number of pyridine rings is 1. The molecule has 1 aromatic rings. The molecule has 0 spiro atoms. The van der Waals surface area contributed by atoms with Crippen molar-refractivity contribution in [2.75, 3.05) is 0 Å². The first-order valence-electron chi connectivity index (χ1n) is 6.45. The van der Waals surface area contributed by atoms with E-state index in [-0.39, 0.29) is 5.56 Å². The van der Waals surface area contributed by atoms with Crippen molar-refractivity contribution < 1.29 is 0 Å². The molecule has 1 fully saturated rings. The van der Waals surface area contributed by atoms with Crippen LogP contribution in [0, 0.1) is 0 Å².